The molecule has 0 aliphatic rings. The van der Waals surface area contributed by atoms with Gasteiger partial charge in [-0.25, -0.2) is 4.83 Å². The van der Waals surface area contributed by atoms with Gasteiger partial charge in [-0.05, 0) is 36.2 Å². The maximum absolute atomic E-state index is 12.0. The van der Waals surface area contributed by atoms with E-state index in [1.165, 1.54) is 30.3 Å². The number of para-hydroxylation sites is 1. The quantitative estimate of drug-likeness (QED) is 0.445. The third kappa shape index (κ3) is 3.56. The van der Waals surface area contributed by atoms with Crippen molar-refractivity contribution in [3.63, 3.8) is 0 Å². The van der Waals surface area contributed by atoms with E-state index in [-0.39, 0.29) is 22.0 Å². The average molecular weight is 320 g/mol. The number of phenols is 2. The number of benzene rings is 2. The van der Waals surface area contributed by atoms with Crippen molar-refractivity contribution >= 4 is 16.2 Å². The Bertz CT molecular complexity index is 784. The Kier molecular flexibility index (Phi) is 4.67. The first kappa shape index (κ1) is 15.8. The lowest BCUT2D eigenvalue weighted by Gasteiger charge is -2.05. The van der Waals surface area contributed by atoms with Crippen LogP contribution in [0.5, 0.6) is 11.5 Å². The highest BCUT2D eigenvalue weighted by Gasteiger charge is 2.12. The topological polar surface area (TPSA) is 99.0 Å². The number of hydrogen-bond donors (Lipinski definition) is 3. The number of nitrogens with zero attached hydrogens (tertiary/aromatic N) is 1. The highest BCUT2D eigenvalue weighted by atomic mass is 32.2. The van der Waals surface area contributed by atoms with Gasteiger partial charge in [0.05, 0.1) is 11.1 Å². The molecule has 0 aliphatic heterocycles. The number of hydrogen-bond acceptors (Lipinski definition) is 5. The standard InChI is InChI=1S/C15H16N2O4S/c1-2-11-6-8-13(9-7-11)22(20,21)17-16-10-12-4-3-5-14(18)15(12)19/h3-10,17-19H,2H2,1H3. The summed E-state index contributed by atoms with van der Waals surface area (Å²) in [6, 6.07) is 10.8. The van der Waals surface area contributed by atoms with Gasteiger partial charge in [0.25, 0.3) is 10.0 Å². The van der Waals surface area contributed by atoms with E-state index in [9.17, 15) is 18.6 Å². The van der Waals surface area contributed by atoms with Gasteiger partial charge in [-0.1, -0.05) is 25.1 Å². The third-order valence-corrected chi connectivity index (χ3v) is 4.30. The molecule has 0 aromatic heterocycles. The maximum Gasteiger partial charge on any atom is 0.276 e. The fraction of sp³-hybridized carbons (Fsp3) is 0.133. The maximum atomic E-state index is 12.0. The molecule has 0 spiro atoms. The van der Waals surface area contributed by atoms with Gasteiger partial charge in [0.15, 0.2) is 11.5 Å². The van der Waals surface area contributed by atoms with E-state index in [1.807, 2.05) is 6.92 Å². The number of sulfonamides is 1. The molecule has 0 amide bonds. The molecule has 2 aromatic carbocycles. The molecule has 2 aromatic rings. The fourth-order valence-corrected chi connectivity index (χ4v) is 2.57. The van der Waals surface area contributed by atoms with Crippen LogP contribution in [0.3, 0.4) is 0 Å². The summed E-state index contributed by atoms with van der Waals surface area (Å²) in [4.78, 5) is 2.16. The molecule has 0 radical (unpaired) electrons. The minimum atomic E-state index is -3.77. The summed E-state index contributed by atoms with van der Waals surface area (Å²) in [5.41, 5.74) is 1.23. The molecule has 116 valence electrons. The second-order valence-corrected chi connectivity index (χ2v) is 6.23. The molecule has 6 nitrogen and oxygen atoms in total. The number of aryl methyl sites for hydroxylation is 1. The largest absolute Gasteiger partial charge is 0.504 e. The predicted molar refractivity (Wildman–Crippen MR) is 83.5 cm³/mol. The summed E-state index contributed by atoms with van der Waals surface area (Å²) in [7, 11) is -3.77. The monoisotopic (exact) mass is 320 g/mol. The van der Waals surface area contributed by atoms with Crippen LogP contribution in [0.4, 0.5) is 0 Å². The summed E-state index contributed by atoms with van der Waals surface area (Å²) < 4.78 is 24.1. The van der Waals surface area contributed by atoms with Gasteiger partial charge in [0.2, 0.25) is 0 Å². The minimum absolute atomic E-state index is 0.0991. The third-order valence-electron chi connectivity index (χ3n) is 3.06. The molecule has 2 rings (SSSR count). The van der Waals surface area contributed by atoms with Crippen molar-refractivity contribution in [2.45, 2.75) is 18.2 Å². The summed E-state index contributed by atoms with van der Waals surface area (Å²) >= 11 is 0. The Labute approximate surface area is 128 Å². The first-order valence-corrected chi connectivity index (χ1v) is 8.07. The van der Waals surface area contributed by atoms with Gasteiger partial charge < -0.3 is 10.2 Å². The van der Waals surface area contributed by atoms with Crippen molar-refractivity contribution in [1.29, 1.82) is 0 Å². The lowest BCUT2D eigenvalue weighted by Crippen LogP contribution is -2.18. The van der Waals surface area contributed by atoms with Crippen LogP contribution in [0.1, 0.15) is 18.1 Å². The molecular weight excluding hydrogens is 304 g/mol. The van der Waals surface area contributed by atoms with Crippen molar-refractivity contribution in [1.82, 2.24) is 4.83 Å². The van der Waals surface area contributed by atoms with E-state index < -0.39 is 10.0 Å². The molecule has 0 heterocycles. The zero-order chi connectivity index (χ0) is 16.2. The highest BCUT2D eigenvalue weighted by Crippen LogP contribution is 2.26. The van der Waals surface area contributed by atoms with Gasteiger partial charge in [-0.3, -0.25) is 0 Å². The molecule has 0 atom stereocenters. The average Bonchev–Trinajstić information content (AvgIpc) is 2.51. The summed E-state index contributed by atoms with van der Waals surface area (Å²) in [6.45, 7) is 1.98. The van der Waals surface area contributed by atoms with E-state index in [0.717, 1.165) is 18.2 Å². The zero-order valence-electron chi connectivity index (χ0n) is 11.9. The molecule has 3 N–H and O–H groups in total. The van der Waals surface area contributed by atoms with E-state index in [4.69, 9.17) is 0 Å². The molecule has 22 heavy (non-hydrogen) atoms. The molecule has 0 bridgehead atoms. The van der Waals surface area contributed by atoms with Crippen LogP contribution in [0.25, 0.3) is 0 Å². The fourth-order valence-electron chi connectivity index (χ4n) is 1.78. The highest BCUT2D eigenvalue weighted by molar-refractivity contribution is 7.89. The van der Waals surface area contributed by atoms with E-state index in [2.05, 4.69) is 9.93 Å². The number of phenolic OH excluding ortho intramolecular Hbond substituents is 2. The van der Waals surface area contributed by atoms with E-state index in [0.29, 0.717) is 0 Å². The lowest BCUT2D eigenvalue weighted by molar-refractivity contribution is 0.403. The molecule has 0 saturated carbocycles. The minimum Gasteiger partial charge on any atom is -0.504 e. The zero-order valence-corrected chi connectivity index (χ0v) is 12.7. The van der Waals surface area contributed by atoms with Crippen LogP contribution in [0.15, 0.2) is 52.5 Å². The smallest absolute Gasteiger partial charge is 0.276 e. The summed E-state index contributed by atoms with van der Waals surface area (Å²) in [6.07, 6.45) is 1.94. The SMILES string of the molecule is CCc1ccc(S(=O)(=O)NN=Cc2cccc(O)c2O)cc1. The van der Waals surface area contributed by atoms with Gasteiger partial charge in [-0.15, -0.1) is 0 Å². The number of aromatic hydroxyl groups is 2. The first-order valence-electron chi connectivity index (χ1n) is 6.59. The molecule has 7 heteroatoms. The molecule has 0 saturated heterocycles. The van der Waals surface area contributed by atoms with Crippen molar-refractivity contribution in [2.75, 3.05) is 0 Å². The Morgan fingerprint density at radius 3 is 2.45 bits per heavy atom. The molecule has 0 unspecified atom stereocenters. The second-order valence-electron chi connectivity index (χ2n) is 4.57. The number of rotatable bonds is 5. The van der Waals surface area contributed by atoms with E-state index in [1.54, 1.807) is 12.1 Å². The Morgan fingerprint density at radius 1 is 1.14 bits per heavy atom. The van der Waals surface area contributed by atoms with Gasteiger partial charge in [-0.2, -0.15) is 13.5 Å². The number of nitrogens with one attached hydrogen (secondary N) is 1. The van der Waals surface area contributed by atoms with E-state index >= 15 is 0 Å². The number of hydrazone groups is 1. The molecule has 0 fully saturated rings. The molecular formula is C15H16N2O4S. The van der Waals surface area contributed by atoms with Crippen molar-refractivity contribution in [3.05, 3.63) is 53.6 Å². The second kappa shape index (κ2) is 6.48. The van der Waals surface area contributed by atoms with Gasteiger partial charge in [0, 0.05) is 5.56 Å². The van der Waals surface area contributed by atoms with Crippen LogP contribution in [-0.2, 0) is 16.4 Å². The predicted octanol–water partition coefficient (Wildman–Crippen LogP) is 1.97. The van der Waals surface area contributed by atoms with Crippen LogP contribution >= 0.6 is 0 Å². The van der Waals surface area contributed by atoms with Crippen LogP contribution in [-0.4, -0.2) is 24.8 Å². The van der Waals surface area contributed by atoms with Crippen molar-refractivity contribution in [3.8, 4) is 11.5 Å². The van der Waals surface area contributed by atoms with Crippen LogP contribution in [0, 0.1) is 0 Å². The van der Waals surface area contributed by atoms with Crippen molar-refractivity contribution < 1.29 is 18.6 Å². The summed E-state index contributed by atoms with van der Waals surface area (Å²) in [5.74, 6) is -0.667. The summed E-state index contributed by atoms with van der Waals surface area (Å²) in [5, 5.41) is 22.5. The van der Waals surface area contributed by atoms with Crippen LogP contribution < -0.4 is 4.83 Å². The Hall–Kier alpha value is -2.54. The lowest BCUT2D eigenvalue weighted by atomic mass is 10.2. The van der Waals surface area contributed by atoms with Crippen molar-refractivity contribution in [2.24, 2.45) is 5.10 Å². The normalized spacial score (nSPS) is 11.7. The Balaban J connectivity index is 2.15. The van der Waals surface area contributed by atoms with Gasteiger partial charge >= 0.3 is 0 Å². The first-order chi connectivity index (χ1) is 10.4. The Morgan fingerprint density at radius 2 is 1.82 bits per heavy atom. The van der Waals surface area contributed by atoms with Gasteiger partial charge in [0.1, 0.15) is 0 Å². The molecule has 0 aliphatic carbocycles. The van der Waals surface area contributed by atoms with Crippen LogP contribution in [0.2, 0.25) is 0 Å².